The summed E-state index contributed by atoms with van der Waals surface area (Å²) in [5, 5.41) is 4.99. The molecule has 7 aromatic carbocycles. The van der Waals surface area contributed by atoms with Crippen LogP contribution in [0.5, 0.6) is 0 Å². The predicted molar refractivity (Wildman–Crippen MR) is 213 cm³/mol. The van der Waals surface area contributed by atoms with E-state index < -0.39 is 0 Å². The second kappa shape index (κ2) is 11.8. The molecule has 50 heavy (non-hydrogen) atoms. The third-order valence-corrected chi connectivity index (χ3v) is 11.7. The summed E-state index contributed by atoms with van der Waals surface area (Å²) in [5.74, 6) is 2.00. The van der Waals surface area contributed by atoms with Gasteiger partial charge >= 0.3 is 0 Å². The van der Waals surface area contributed by atoms with Crippen molar-refractivity contribution < 1.29 is 0 Å². The Bertz CT molecular complexity index is 2870. The lowest BCUT2D eigenvalue weighted by Gasteiger charge is -2.10. The van der Waals surface area contributed by atoms with Gasteiger partial charge in [0, 0.05) is 57.0 Å². The molecule has 0 unspecified atom stereocenters. The SMILES string of the molecule is c1ccc(-c2cccc(-c3nc(-c4ccc5c(c4)sc4ccc(-c6ccccc6)cc45)nc(-c4cccc5c4sc4ccccc45)n3)c2)cc1. The Kier molecular flexibility index (Phi) is 6.86. The molecule has 0 amide bonds. The van der Waals surface area contributed by atoms with Crippen LogP contribution in [0.1, 0.15) is 0 Å². The summed E-state index contributed by atoms with van der Waals surface area (Å²) in [7, 11) is 0. The summed E-state index contributed by atoms with van der Waals surface area (Å²) >= 11 is 3.60. The zero-order valence-electron chi connectivity index (χ0n) is 26.7. The molecule has 3 aromatic heterocycles. The minimum absolute atomic E-state index is 0.657. The molecule has 0 aliphatic heterocycles. The molecule has 0 bridgehead atoms. The van der Waals surface area contributed by atoms with Crippen LogP contribution in [-0.4, -0.2) is 15.0 Å². The summed E-state index contributed by atoms with van der Waals surface area (Å²) < 4.78 is 4.92. The van der Waals surface area contributed by atoms with Crippen LogP contribution in [0, 0.1) is 0 Å². The van der Waals surface area contributed by atoms with Crippen molar-refractivity contribution in [1.82, 2.24) is 15.0 Å². The van der Waals surface area contributed by atoms with E-state index in [1.165, 1.54) is 51.5 Å². The average Bonchev–Trinajstić information content (AvgIpc) is 3.76. The molecule has 0 aliphatic carbocycles. The van der Waals surface area contributed by atoms with E-state index in [-0.39, 0.29) is 0 Å². The van der Waals surface area contributed by atoms with Gasteiger partial charge in [0.25, 0.3) is 0 Å². The number of hydrogen-bond acceptors (Lipinski definition) is 5. The maximum atomic E-state index is 5.20. The first kappa shape index (κ1) is 29.0. The largest absolute Gasteiger partial charge is 0.208 e. The van der Waals surface area contributed by atoms with E-state index in [0.29, 0.717) is 17.5 Å². The minimum atomic E-state index is 0.657. The number of rotatable bonds is 5. The van der Waals surface area contributed by atoms with E-state index in [2.05, 4.69) is 158 Å². The lowest BCUT2D eigenvalue weighted by molar-refractivity contribution is 1.08. The number of hydrogen-bond donors (Lipinski definition) is 0. The fraction of sp³-hybridized carbons (Fsp3) is 0. The Morgan fingerprint density at radius 3 is 1.66 bits per heavy atom. The van der Waals surface area contributed by atoms with E-state index in [1.807, 2.05) is 17.4 Å². The van der Waals surface area contributed by atoms with Gasteiger partial charge in [-0.15, -0.1) is 22.7 Å². The Morgan fingerprint density at radius 2 is 0.860 bits per heavy atom. The van der Waals surface area contributed by atoms with Crippen molar-refractivity contribution in [3.05, 3.63) is 164 Å². The maximum Gasteiger partial charge on any atom is 0.165 e. The van der Waals surface area contributed by atoms with Crippen molar-refractivity contribution in [3.8, 4) is 56.4 Å². The summed E-state index contributed by atoms with van der Waals surface area (Å²) in [4.78, 5) is 15.5. The summed E-state index contributed by atoms with van der Waals surface area (Å²) in [6, 6.07) is 58.0. The number of benzene rings is 7. The molecule has 0 fully saturated rings. The Morgan fingerprint density at radius 1 is 0.300 bits per heavy atom. The summed E-state index contributed by atoms with van der Waals surface area (Å²) in [6.45, 7) is 0. The average molecular weight is 674 g/mol. The molecule has 5 heteroatoms. The Labute approximate surface area is 296 Å². The molecule has 234 valence electrons. The molecule has 0 aliphatic rings. The molecule has 0 spiro atoms. The summed E-state index contributed by atoms with van der Waals surface area (Å²) in [5.41, 5.74) is 7.67. The van der Waals surface area contributed by atoms with Crippen LogP contribution in [0.15, 0.2) is 164 Å². The predicted octanol–water partition coefficient (Wildman–Crippen LogP) is 12.9. The monoisotopic (exact) mass is 673 g/mol. The van der Waals surface area contributed by atoms with Crippen LogP contribution in [0.25, 0.3) is 96.8 Å². The molecule has 0 saturated carbocycles. The standard InChI is InChI=1S/C45H27N3S2/c1-3-11-28(12-4-1)30-15-9-16-32(25-30)43-46-44(48-45(47-43)37-19-10-18-36-34-17-7-8-20-39(34)50-42(36)37)33-21-23-35-38-26-31(29-13-5-2-6-14-29)22-24-40(38)49-41(35)27-33/h1-27H. The van der Waals surface area contributed by atoms with Gasteiger partial charge in [0.2, 0.25) is 0 Å². The molecule has 0 radical (unpaired) electrons. The van der Waals surface area contributed by atoms with E-state index in [1.54, 1.807) is 11.3 Å². The van der Waals surface area contributed by atoms with E-state index >= 15 is 0 Å². The number of fused-ring (bicyclic) bond motifs is 6. The fourth-order valence-electron chi connectivity index (χ4n) is 6.87. The van der Waals surface area contributed by atoms with Crippen molar-refractivity contribution in [1.29, 1.82) is 0 Å². The van der Waals surface area contributed by atoms with E-state index in [9.17, 15) is 0 Å². The van der Waals surface area contributed by atoms with Crippen LogP contribution in [0.2, 0.25) is 0 Å². The zero-order chi connectivity index (χ0) is 33.0. The van der Waals surface area contributed by atoms with Crippen LogP contribution in [-0.2, 0) is 0 Å². The first-order chi connectivity index (χ1) is 24.7. The molecule has 3 heterocycles. The molecule has 0 atom stereocenters. The van der Waals surface area contributed by atoms with Crippen molar-refractivity contribution >= 4 is 63.0 Å². The normalized spacial score (nSPS) is 11.6. The van der Waals surface area contributed by atoms with Gasteiger partial charge in [-0.25, -0.2) is 15.0 Å². The highest BCUT2D eigenvalue weighted by atomic mass is 32.1. The quantitative estimate of drug-likeness (QED) is 0.182. The van der Waals surface area contributed by atoms with Gasteiger partial charge in [0.1, 0.15) is 0 Å². The van der Waals surface area contributed by atoms with Crippen molar-refractivity contribution in [2.24, 2.45) is 0 Å². The fourth-order valence-corrected chi connectivity index (χ4v) is 9.21. The molecule has 0 saturated heterocycles. The van der Waals surface area contributed by atoms with Crippen LogP contribution in [0.4, 0.5) is 0 Å². The lowest BCUT2D eigenvalue weighted by Crippen LogP contribution is -2.00. The highest BCUT2D eigenvalue weighted by Gasteiger charge is 2.18. The molecular formula is C45H27N3S2. The van der Waals surface area contributed by atoms with Crippen LogP contribution >= 0.6 is 22.7 Å². The molecule has 10 rings (SSSR count). The highest BCUT2D eigenvalue weighted by molar-refractivity contribution is 7.26. The molecular weight excluding hydrogens is 647 g/mol. The lowest BCUT2D eigenvalue weighted by atomic mass is 10.0. The van der Waals surface area contributed by atoms with Crippen molar-refractivity contribution in [3.63, 3.8) is 0 Å². The summed E-state index contributed by atoms with van der Waals surface area (Å²) in [6.07, 6.45) is 0. The first-order valence-corrected chi connectivity index (χ1v) is 18.2. The van der Waals surface area contributed by atoms with Gasteiger partial charge in [-0.2, -0.15) is 0 Å². The number of nitrogens with zero attached hydrogens (tertiary/aromatic N) is 3. The van der Waals surface area contributed by atoms with Crippen LogP contribution in [0.3, 0.4) is 0 Å². The second-order valence-electron chi connectivity index (χ2n) is 12.4. The van der Waals surface area contributed by atoms with Gasteiger partial charge in [-0.1, -0.05) is 127 Å². The van der Waals surface area contributed by atoms with Gasteiger partial charge in [0.05, 0.1) is 0 Å². The Balaban J connectivity index is 1.16. The third kappa shape index (κ3) is 4.98. The van der Waals surface area contributed by atoms with Gasteiger partial charge in [-0.05, 0) is 58.7 Å². The second-order valence-corrected chi connectivity index (χ2v) is 14.6. The minimum Gasteiger partial charge on any atom is -0.208 e. The third-order valence-electron chi connectivity index (χ3n) is 9.35. The maximum absolute atomic E-state index is 5.20. The smallest absolute Gasteiger partial charge is 0.165 e. The van der Waals surface area contributed by atoms with Gasteiger partial charge in [-0.3, -0.25) is 0 Å². The van der Waals surface area contributed by atoms with Crippen molar-refractivity contribution in [2.75, 3.05) is 0 Å². The van der Waals surface area contributed by atoms with E-state index in [4.69, 9.17) is 15.0 Å². The van der Waals surface area contributed by atoms with Crippen molar-refractivity contribution in [2.45, 2.75) is 0 Å². The highest BCUT2D eigenvalue weighted by Crippen LogP contribution is 2.41. The van der Waals surface area contributed by atoms with Gasteiger partial charge < -0.3 is 0 Å². The molecule has 10 aromatic rings. The van der Waals surface area contributed by atoms with Crippen LogP contribution < -0.4 is 0 Å². The molecule has 3 nitrogen and oxygen atoms in total. The van der Waals surface area contributed by atoms with Gasteiger partial charge in [0.15, 0.2) is 17.5 Å². The number of aromatic nitrogens is 3. The number of thiophene rings is 2. The Hall–Kier alpha value is -6.01. The molecule has 0 N–H and O–H groups in total. The topological polar surface area (TPSA) is 38.7 Å². The first-order valence-electron chi connectivity index (χ1n) is 16.6. The van der Waals surface area contributed by atoms with E-state index in [0.717, 1.165) is 27.8 Å². The zero-order valence-corrected chi connectivity index (χ0v) is 28.4.